The van der Waals surface area contributed by atoms with Crippen molar-refractivity contribution in [3.05, 3.63) is 54.1 Å². The lowest BCUT2D eigenvalue weighted by atomic mass is 10.1. The van der Waals surface area contributed by atoms with Crippen LogP contribution in [0.4, 0.5) is 0 Å². The standard InChI is InChI=1S/C20H22N2O5/c23-19(13-22-20(24)14-27-16-4-2-1-3-5-16)21-9-8-15-6-7-17-18(12-15)26-11-10-25-17/h1-7,12H,8-11,13-14H2,(H,21,23)(H,22,24). The first-order valence-corrected chi connectivity index (χ1v) is 8.80. The van der Waals surface area contributed by atoms with E-state index in [0.29, 0.717) is 31.9 Å². The van der Waals surface area contributed by atoms with Crippen molar-refractivity contribution in [2.75, 3.05) is 32.9 Å². The molecule has 1 aliphatic rings. The van der Waals surface area contributed by atoms with Gasteiger partial charge in [0.1, 0.15) is 19.0 Å². The quantitative estimate of drug-likeness (QED) is 0.732. The molecule has 2 aromatic rings. The molecule has 27 heavy (non-hydrogen) atoms. The van der Waals surface area contributed by atoms with Gasteiger partial charge < -0.3 is 24.8 Å². The number of hydrogen-bond donors (Lipinski definition) is 2. The fraction of sp³-hybridized carbons (Fsp3) is 0.300. The molecule has 0 aromatic heterocycles. The second-order valence-electron chi connectivity index (χ2n) is 5.96. The zero-order valence-corrected chi connectivity index (χ0v) is 14.9. The van der Waals surface area contributed by atoms with Crippen molar-refractivity contribution in [2.45, 2.75) is 6.42 Å². The summed E-state index contributed by atoms with van der Waals surface area (Å²) in [6, 6.07) is 14.8. The van der Waals surface area contributed by atoms with Gasteiger partial charge in [-0.15, -0.1) is 0 Å². The number of hydrogen-bond acceptors (Lipinski definition) is 5. The minimum absolute atomic E-state index is 0.0852. The van der Waals surface area contributed by atoms with Crippen LogP contribution >= 0.6 is 0 Å². The number of fused-ring (bicyclic) bond motifs is 1. The molecule has 0 saturated carbocycles. The van der Waals surface area contributed by atoms with Crippen LogP contribution in [0.2, 0.25) is 0 Å². The van der Waals surface area contributed by atoms with E-state index in [1.165, 1.54) is 0 Å². The first kappa shape index (κ1) is 18.6. The van der Waals surface area contributed by atoms with Crippen molar-refractivity contribution in [1.82, 2.24) is 10.6 Å². The highest BCUT2D eigenvalue weighted by Crippen LogP contribution is 2.30. The average Bonchev–Trinajstić information content (AvgIpc) is 2.71. The van der Waals surface area contributed by atoms with Gasteiger partial charge in [-0.2, -0.15) is 0 Å². The molecule has 2 aromatic carbocycles. The van der Waals surface area contributed by atoms with E-state index in [4.69, 9.17) is 14.2 Å². The fourth-order valence-electron chi connectivity index (χ4n) is 2.55. The molecular formula is C20H22N2O5. The Hall–Kier alpha value is -3.22. The van der Waals surface area contributed by atoms with E-state index in [1.54, 1.807) is 12.1 Å². The zero-order valence-electron chi connectivity index (χ0n) is 14.9. The maximum absolute atomic E-state index is 11.8. The van der Waals surface area contributed by atoms with E-state index in [2.05, 4.69) is 10.6 Å². The summed E-state index contributed by atoms with van der Waals surface area (Å²) in [7, 11) is 0. The third kappa shape index (κ3) is 5.91. The summed E-state index contributed by atoms with van der Waals surface area (Å²) >= 11 is 0. The van der Waals surface area contributed by atoms with Crippen LogP contribution in [0.25, 0.3) is 0 Å². The third-order valence-corrected chi connectivity index (χ3v) is 3.90. The van der Waals surface area contributed by atoms with Crippen LogP contribution in [-0.4, -0.2) is 44.7 Å². The Morgan fingerprint density at radius 1 is 0.926 bits per heavy atom. The molecule has 0 fully saturated rings. The Labute approximate surface area is 157 Å². The highest BCUT2D eigenvalue weighted by molar-refractivity contribution is 5.85. The van der Waals surface area contributed by atoms with Crippen LogP contribution in [-0.2, 0) is 16.0 Å². The van der Waals surface area contributed by atoms with Crippen molar-refractivity contribution in [3.63, 3.8) is 0 Å². The summed E-state index contributed by atoms with van der Waals surface area (Å²) in [5, 5.41) is 5.30. The van der Waals surface area contributed by atoms with Crippen LogP contribution in [0.3, 0.4) is 0 Å². The Balaban J connectivity index is 1.32. The second kappa shape index (κ2) is 9.47. The van der Waals surface area contributed by atoms with E-state index in [0.717, 1.165) is 17.1 Å². The highest BCUT2D eigenvalue weighted by atomic mass is 16.6. The normalized spacial score (nSPS) is 12.1. The maximum Gasteiger partial charge on any atom is 0.258 e. The number of benzene rings is 2. The molecule has 0 radical (unpaired) electrons. The van der Waals surface area contributed by atoms with Gasteiger partial charge in [-0.3, -0.25) is 9.59 Å². The molecule has 1 aliphatic heterocycles. The van der Waals surface area contributed by atoms with Gasteiger partial charge in [-0.1, -0.05) is 24.3 Å². The Morgan fingerprint density at radius 3 is 2.52 bits per heavy atom. The molecule has 0 aliphatic carbocycles. The number of rotatable bonds is 8. The van der Waals surface area contributed by atoms with E-state index < -0.39 is 0 Å². The largest absolute Gasteiger partial charge is 0.486 e. The molecule has 142 valence electrons. The van der Waals surface area contributed by atoms with Crippen LogP contribution in [0, 0.1) is 0 Å². The van der Waals surface area contributed by atoms with E-state index in [9.17, 15) is 9.59 Å². The lowest BCUT2D eigenvalue weighted by Crippen LogP contribution is -2.39. The molecule has 0 spiro atoms. The minimum atomic E-state index is -0.346. The lowest BCUT2D eigenvalue weighted by Gasteiger charge is -2.18. The fourth-order valence-corrected chi connectivity index (χ4v) is 2.55. The van der Waals surface area contributed by atoms with Gasteiger partial charge in [0, 0.05) is 6.54 Å². The van der Waals surface area contributed by atoms with Crippen molar-refractivity contribution in [1.29, 1.82) is 0 Å². The monoisotopic (exact) mass is 370 g/mol. The molecule has 7 heteroatoms. The lowest BCUT2D eigenvalue weighted by molar-refractivity contribution is -0.127. The topological polar surface area (TPSA) is 85.9 Å². The highest BCUT2D eigenvalue weighted by Gasteiger charge is 2.12. The van der Waals surface area contributed by atoms with Gasteiger partial charge in [-0.05, 0) is 36.2 Å². The number of carbonyl (C=O) groups excluding carboxylic acids is 2. The zero-order chi connectivity index (χ0) is 18.9. The van der Waals surface area contributed by atoms with Gasteiger partial charge in [0.25, 0.3) is 5.91 Å². The first-order valence-electron chi connectivity index (χ1n) is 8.80. The van der Waals surface area contributed by atoms with Crippen LogP contribution in [0.1, 0.15) is 5.56 Å². The SMILES string of the molecule is O=C(CNC(=O)COc1ccccc1)NCCc1ccc2c(c1)OCCO2. The molecular weight excluding hydrogens is 348 g/mol. The predicted molar refractivity (Wildman–Crippen MR) is 99.1 cm³/mol. The molecule has 0 atom stereocenters. The molecule has 0 unspecified atom stereocenters. The summed E-state index contributed by atoms with van der Waals surface area (Å²) in [6.45, 7) is 1.35. The minimum Gasteiger partial charge on any atom is -0.486 e. The summed E-state index contributed by atoms with van der Waals surface area (Å²) < 4.78 is 16.3. The van der Waals surface area contributed by atoms with Crippen molar-refractivity contribution in [2.24, 2.45) is 0 Å². The molecule has 2 amide bonds. The first-order chi connectivity index (χ1) is 13.2. The molecule has 0 saturated heterocycles. The van der Waals surface area contributed by atoms with Gasteiger partial charge in [0.2, 0.25) is 5.91 Å². The van der Waals surface area contributed by atoms with E-state index in [-0.39, 0.29) is 25.0 Å². The number of nitrogens with one attached hydrogen (secondary N) is 2. The van der Waals surface area contributed by atoms with Crippen LogP contribution < -0.4 is 24.8 Å². The van der Waals surface area contributed by atoms with Gasteiger partial charge >= 0.3 is 0 Å². The predicted octanol–water partition coefficient (Wildman–Crippen LogP) is 1.31. The average molecular weight is 370 g/mol. The molecule has 2 N–H and O–H groups in total. The van der Waals surface area contributed by atoms with Crippen LogP contribution in [0.15, 0.2) is 48.5 Å². The molecule has 1 heterocycles. The summed E-state index contributed by atoms with van der Waals surface area (Å²) in [5.41, 5.74) is 1.04. The van der Waals surface area contributed by atoms with E-state index >= 15 is 0 Å². The Bertz CT molecular complexity index is 779. The maximum atomic E-state index is 11.8. The van der Waals surface area contributed by atoms with Crippen LogP contribution in [0.5, 0.6) is 17.2 Å². The molecule has 3 rings (SSSR count). The number of ether oxygens (including phenoxy) is 3. The van der Waals surface area contributed by atoms with Gasteiger partial charge in [0.15, 0.2) is 18.1 Å². The van der Waals surface area contributed by atoms with Crippen molar-refractivity contribution in [3.8, 4) is 17.2 Å². The molecule has 0 bridgehead atoms. The molecule has 7 nitrogen and oxygen atoms in total. The van der Waals surface area contributed by atoms with Crippen molar-refractivity contribution >= 4 is 11.8 Å². The van der Waals surface area contributed by atoms with Crippen molar-refractivity contribution < 1.29 is 23.8 Å². The smallest absolute Gasteiger partial charge is 0.258 e. The van der Waals surface area contributed by atoms with Gasteiger partial charge in [-0.25, -0.2) is 0 Å². The second-order valence-corrected chi connectivity index (χ2v) is 5.96. The summed E-state index contributed by atoms with van der Waals surface area (Å²) in [4.78, 5) is 23.5. The summed E-state index contributed by atoms with van der Waals surface area (Å²) in [5.74, 6) is 1.49. The summed E-state index contributed by atoms with van der Waals surface area (Å²) in [6.07, 6.45) is 0.660. The number of carbonyl (C=O) groups is 2. The number of para-hydroxylation sites is 1. The Morgan fingerprint density at radius 2 is 1.70 bits per heavy atom. The van der Waals surface area contributed by atoms with E-state index in [1.807, 2.05) is 36.4 Å². The third-order valence-electron chi connectivity index (χ3n) is 3.90. The Kier molecular flexibility index (Phi) is 6.51. The number of amides is 2. The van der Waals surface area contributed by atoms with Gasteiger partial charge in [0.05, 0.1) is 6.54 Å².